The first-order valence-electron chi connectivity index (χ1n) is 7.84. The summed E-state index contributed by atoms with van der Waals surface area (Å²) < 4.78 is 4.96. The lowest BCUT2D eigenvalue weighted by molar-refractivity contribution is -0.116. The Hall–Kier alpha value is -3.25. The van der Waals surface area contributed by atoms with E-state index in [1.807, 2.05) is 0 Å². The molecule has 26 heavy (non-hydrogen) atoms. The van der Waals surface area contributed by atoms with E-state index in [9.17, 15) is 25.2 Å². The van der Waals surface area contributed by atoms with Crippen molar-refractivity contribution >= 4 is 11.9 Å². The smallest absolute Gasteiger partial charge is 0.162 e. The molecule has 0 amide bonds. The molecule has 6 heteroatoms. The van der Waals surface area contributed by atoms with Gasteiger partial charge in [0.1, 0.15) is 11.5 Å². The molecule has 0 aliphatic carbocycles. The van der Waals surface area contributed by atoms with Crippen LogP contribution in [0.2, 0.25) is 0 Å². The molecule has 0 saturated carbocycles. The van der Waals surface area contributed by atoms with Crippen LogP contribution in [-0.4, -0.2) is 33.3 Å². The summed E-state index contributed by atoms with van der Waals surface area (Å²) in [6.07, 6.45) is 2.63. The summed E-state index contributed by atoms with van der Waals surface area (Å²) in [5.41, 5.74) is 1.16. The Morgan fingerprint density at radius 1 is 1.15 bits per heavy atom. The van der Waals surface area contributed by atoms with Gasteiger partial charge >= 0.3 is 0 Å². The zero-order valence-corrected chi connectivity index (χ0v) is 14.2. The molecule has 0 bridgehead atoms. The van der Waals surface area contributed by atoms with Crippen molar-refractivity contribution in [1.82, 2.24) is 0 Å². The van der Waals surface area contributed by atoms with E-state index in [4.69, 9.17) is 4.74 Å². The Bertz CT molecular complexity index is 821. The minimum absolute atomic E-state index is 0.0633. The van der Waals surface area contributed by atoms with Gasteiger partial charge in [0.05, 0.1) is 13.2 Å². The second-order valence-electron chi connectivity index (χ2n) is 5.61. The number of hydrogen-bond donors (Lipinski definition) is 4. The fourth-order valence-corrected chi connectivity index (χ4v) is 2.25. The number of rotatable bonds is 7. The van der Waals surface area contributed by atoms with Crippen LogP contribution in [0.15, 0.2) is 60.4 Å². The number of ketones is 1. The molecule has 0 fully saturated rings. The first-order valence-corrected chi connectivity index (χ1v) is 7.84. The van der Waals surface area contributed by atoms with E-state index in [0.29, 0.717) is 5.56 Å². The lowest BCUT2D eigenvalue weighted by atomic mass is 10.0. The van der Waals surface area contributed by atoms with Gasteiger partial charge in [-0.25, -0.2) is 0 Å². The number of carbonyl (C=O) groups is 1. The monoisotopic (exact) mass is 356 g/mol. The van der Waals surface area contributed by atoms with Crippen molar-refractivity contribution < 1.29 is 30.0 Å². The van der Waals surface area contributed by atoms with Gasteiger partial charge in [-0.15, -0.1) is 0 Å². The largest absolute Gasteiger partial charge is 0.508 e. The van der Waals surface area contributed by atoms with Gasteiger partial charge in [0, 0.05) is 12.5 Å². The fraction of sp³-hybridized carbons (Fsp3) is 0.150. The number of allylic oxidation sites excluding steroid dienone is 2. The maximum absolute atomic E-state index is 12.0. The predicted octanol–water partition coefficient (Wildman–Crippen LogP) is 3.25. The van der Waals surface area contributed by atoms with E-state index >= 15 is 0 Å². The van der Waals surface area contributed by atoms with Gasteiger partial charge in [0.15, 0.2) is 17.3 Å². The van der Waals surface area contributed by atoms with Crippen LogP contribution in [0.3, 0.4) is 0 Å². The lowest BCUT2D eigenvalue weighted by Crippen LogP contribution is -2.05. The van der Waals surface area contributed by atoms with Crippen LogP contribution in [0.5, 0.6) is 17.2 Å². The van der Waals surface area contributed by atoms with E-state index in [0.717, 1.165) is 11.6 Å². The van der Waals surface area contributed by atoms with Crippen LogP contribution in [0, 0.1) is 0 Å². The number of phenols is 2. The number of methoxy groups -OCH3 is 1. The van der Waals surface area contributed by atoms with Gasteiger partial charge in [-0.3, -0.25) is 4.79 Å². The van der Waals surface area contributed by atoms with Gasteiger partial charge < -0.3 is 25.2 Å². The van der Waals surface area contributed by atoms with Crippen LogP contribution >= 0.6 is 0 Å². The Labute approximate surface area is 150 Å². The maximum atomic E-state index is 12.0. The molecular weight excluding hydrogens is 336 g/mol. The summed E-state index contributed by atoms with van der Waals surface area (Å²) in [5, 5.41) is 38.7. The molecule has 2 rings (SSSR count). The molecule has 0 radical (unpaired) electrons. The minimum Gasteiger partial charge on any atom is -0.508 e. The third kappa shape index (κ3) is 5.39. The predicted molar refractivity (Wildman–Crippen MR) is 97.1 cm³/mol. The summed E-state index contributed by atoms with van der Waals surface area (Å²) in [5.74, 6) is -0.441. The Morgan fingerprint density at radius 3 is 2.50 bits per heavy atom. The van der Waals surface area contributed by atoms with E-state index in [2.05, 4.69) is 0 Å². The summed E-state index contributed by atoms with van der Waals surface area (Å²) in [7, 11) is 1.39. The van der Waals surface area contributed by atoms with Crippen LogP contribution < -0.4 is 4.74 Å². The number of aliphatic hydroxyl groups is 2. The topological polar surface area (TPSA) is 107 Å². The van der Waals surface area contributed by atoms with E-state index in [1.165, 1.54) is 43.5 Å². The van der Waals surface area contributed by atoms with Crippen molar-refractivity contribution in [3.8, 4) is 17.2 Å². The molecule has 0 spiro atoms. The first kappa shape index (κ1) is 19.1. The van der Waals surface area contributed by atoms with Gasteiger partial charge in [-0.2, -0.15) is 0 Å². The molecule has 136 valence electrons. The lowest BCUT2D eigenvalue weighted by Gasteiger charge is -2.11. The van der Waals surface area contributed by atoms with Crippen molar-refractivity contribution in [3.63, 3.8) is 0 Å². The van der Waals surface area contributed by atoms with E-state index in [-0.39, 0.29) is 29.4 Å². The average Bonchev–Trinajstić information content (AvgIpc) is 2.61. The second-order valence-corrected chi connectivity index (χ2v) is 5.61. The Morgan fingerprint density at radius 2 is 1.85 bits per heavy atom. The highest BCUT2D eigenvalue weighted by Gasteiger charge is 2.14. The van der Waals surface area contributed by atoms with Gasteiger partial charge in [0.2, 0.25) is 0 Å². The van der Waals surface area contributed by atoms with Gasteiger partial charge in [-0.05, 0) is 41.5 Å². The number of carbonyl (C=O) groups excluding carboxylic acids is 1. The molecular formula is C20H20O6. The second kappa shape index (κ2) is 8.73. The highest BCUT2D eigenvalue weighted by molar-refractivity contribution is 5.91. The molecule has 0 aliphatic heterocycles. The molecule has 0 heterocycles. The number of ether oxygens (including phenoxy) is 1. The van der Waals surface area contributed by atoms with Crippen LogP contribution in [0.25, 0.3) is 6.08 Å². The highest BCUT2D eigenvalue weighted by atomic mass is 16.5. The third-order valence-electron chi connectivity index (χ3n) is 3.63. The molecule has 0 aromatic heterocycles. The molecule has 2 aromatic carbocycles. The van der Waals surface area contributed by atoms with E-state index in [1.54, 1.807) is 18.2 Å². The fourth-order valence-electron chi connectivity index (χ4n) is 2.25. The Kier molecular flexibility index (Phi) is 6.41. The van der Waals surface area contributed by atoms with Crippen molar-refractivity contribution in [2.75, 3.05) is 7.11 Å². The molecule has 6 nitrogen and oxygen atoms in total. The summed E-state index contributed by atoms with van der Waals surface area (Å²) in [6, 6.07) is 10.6. The van der Waals surface area contributed by atoms with Crippen molar-refractivity contribution in [1.29, 1.82) is 0 Å². The van der Waals surface area contributed by atoms with Crippen molar-refractivity contribution in [3.05, 3.63) is 71.5 Å². The third-order valence-corrected chi connectivity index (χ3v) is 3.63. The van der Waals surface area contributed by atoms with Crippen LogP contribution in [0.4, 0.5) is 0 Å². The zero-order valence-electron chi connectivity index (χ0n) is 14.2. The van der Waals surface area contributed by atoms with Crippen molar-refractivity contribution in [2.45, 2.75) is 12.5 Å². The average molecular weight is 356 g/mol. The summed E-state index contributed by atoms with van der Waals surface area (Å²) >= 11 is 0. The molecule has 0 aliphatic rings. The highest BCUT2D eigenvalue weighted by Crippen LogP contribution is 2.30. The number of hydrogen-bond acceptors (Lipinski definition) is 6. The molecule has 2 aromatic rings. The number of benzene rings is 2. The van der Waals surface area contributed by atoms with Crippen molar-refractivity contribution in [2.24, 2.45) is 0 Å². The molecule has 1 atom stereocenters. The first-order chi connectivity index (χ1) is 12.4. The quantitative estimate of drug-likeness (QED) is 0.345. The number of aromatic hydroxyl groups is 2. The minimum atomic E-state index is -1.10. The Balaban J connectivity index is 1.99. The van der Waals surface area contributed by atoms with Gasteiger partial charge in [0.25, 0.3) is 0 Å². The summed E-state index contributed by atoms with van der Waals surface area (Å²) in [6.45, 7) is 0. The SMILES string of the molecule is COc1cc([C@H](O)CC(=O)/C=C(O)/C=C/c2ccc(O)cc2)ccc1O. The number of aliphatic hydroxyl groups excluding tert-OH is 2. The normalized spacial score (nSPS) is 12.9. The molecule has 0 unspecified atom stereocenters. The molecule has 0 saturated heterocycles. The van der Waals surface area contributed by atoms with Crippen LogP contribution in [0.1, 0.15) is 23.7 Å². The van der Waals surface area contributed by atoms with E-state index < -0.39 is 11.9 Å². The molecule has 4 N–H and O–H groups in total. The summed E-state index contributed by atoms with van der Waals surface area (Å²) in [4.78, 5) is 12.0. The maximum Gasteiger partial charge on any atom is 0.162 e. The number of phenolic OH excluding ortho intramolecular Hbond substituents is 2. The standard InChI is InChI=1S/C20H20O6/c1-26-20-10-14(5-9-18(20)24)19(25)12-17(23)11-16(22)8-4-13-2-6-15(21)7-3-13/h2-11,19,21-22,24-25H,12H2,1H3/b8-4+,16-11-/t19-/m1/s1. The zero-order chi connectivity index (χ0) is 19.1. The van der Waals surface area contributed by atoms with Crippen LogP contribution in [-0.2, 0) is 4.79 Å². The van der Waals surface area contributed by atoms with Gasteiger partial charge in [-0.1, -0.05) is 24.3 Å².